The molecule has 1 aromatic rings. The molecular formula is C17H14F11NO. The van der Waals surface area contributed by atoms with E-state index in [-0.39, 0.29) is 0 Å². The molecular weight excluding hydrogens is 443 g/mol. The van der Waals surface area contributed by atoms with Gasteiger partial charge >= 0.3 is 35.3 Å². The summed E-state index contributed by atoms with van der Waals surface area (Å²) in [5, 5.41) is 1.06. The van der Waals surface area contributed by atoms with Crippen LogP contribution in [0.15, 0.2) is 24.3 Å². The molecule has 0 heterocycles. The average Bonchev–Trinajstić information content (AvgIpc) is 2.64. The highest BCUT2D eigenvalue weighted by Gasteiger charge is 3.02. The zero-order valence-corrected chi connectivity index (χ0v) is 15.0. The Morgan fingerprint density at radius 3 is 1.53 bits per heavy atom. The van der Waals surface area contributed by atoms with E-state index >= 15 is 0 Å². The first-order chi connectivity index (χ1) is 13.4. The largest absolute Gasteiger partial charge is 0.384 e. The maximum atomic E-state index is 14.6. The van der Waals surface area contributed by atoms with Crippen molar-refractivity contribution < 1.29 is 53.1 Å². The second kappa shape index (κ2) is 6.98. The molecule has 170 valence electrons. The molecule has 0 atom stereocenters. The van der Waals surface area contributed by atoms with Gasteiger partial charge in [0.25, 0.3) is 5.91 Å². The van der Waals surface area contributed by atoms with Gasteiger partial charge in [0.15, 0.2) is 0 Å². The summed E-state index contributed by atoms with van der Waals surface area (Å²) in [5.74, 6) is -39.7. The molecule has 1 aliphatic rings. The number of halogens is 11. The number of anilines is 1. The third-order valence-electron chi connectivity index (χ3n) is 4.79. The van der Waals surface area contributed by atoms with Crippen molar-refractivity contribution in [2.75, 3.05) is 5.32 Å². The van der Waals surface area contributed by atoms with Gasteiger partial charge in [-0.3, -0.25) is 4.79 Å². The van der Waals surface area contributed by atoms with Gasteiger partial charge in [-0.1, -0.05) is 25.5 Å². The number of aryl methyl sites for hydroxylation is 1. The summed E-state index contributed by atoms with van der Waals surface area (Å²) >= 11 is 0. The van der Waals surface area contributed by atoms with Crippen LogP contribution in [0.5, 0.6) is 0 Å². The van der Waals surface area contributed by atoms with Gasteiger partial charge in [0.2, 0.25) is 0 Å². The summed E-state index contributed by atoms with van der Waals surface area (Å²) in [5.41, 5.74) is -6.78. The molecule has 1 N–H and O–H groups in total. The van der Waals surface area contributed by atoms with Crippen molar-refractivity contribution >= 4 is 11.6 Å². The van der Waals surface area contributed by atoms with Crippen LogP contribution < -0.4 is 5.32 Å². The molecule has 0 bridgehead atoms. The van der Waals surface area contributed by atoms with Crippen LogP contribution in [-0.4, -0.2) is 41.2 Å². The molecule has 1 fully saturated rings. The second-order valence-electron chi connectivity index (χ2n) is 6.79. The van der Waals surface area contributed by atoms with Crippen LogP contribution in [0.1, 0.15) is 25.3 Å². The minimum atomic E-state index is -7.36. The lowest BCUT2D eigenvalue weighted by molar-refractivity contribution is -0.475. The molecule has 1 aromatic carbocycles. The molecule has 2 nitrogen and oxygen atoms in total. The maximum Gasteiger partial charge on any atom is 0.384 e. The lowest BCUT2D eigenvalue weighted by Crippen LogP contribution is -2.86. The Morgan fingerprint density at radius 2 is 1.13 bits per heavy atom. The molecule has 0 aliphatic heterocycles. The third-order valence-corrected chi connectivity index (χ3v) is 4.79. The number of carbonyl (C=O) groups is 1. The smallest absolute Gasteiger partial charge is 0.323 e. The van der Waals surface area contributed by atoms with Crippen molar-refractivity contribution in [2.24, 2.45) is 0 Å². The number of amides is 1. The summed E-state index contributed by atoms with van der Waals surface area (Å²) in [7, 11) is 0. The van der Waals surface area contributed by atoms with Crippen molar-refractivity contribution in [3.8, 4) is 0 Å². The average molecular weight is 457 g/mol. The molecule has 0 unspecified atom stereocenters. The van der Waals surface area contributed by atoms with E-state index in [1.165, 1.54) is 12.1 Å². The summed E-state index contributed by atoms with van der Waals surface area (Å²) in [6.07, 6.45) is 1.98. The van der Waals surface area contributed by atoms with Gasteiger partial charge in [-0.05, 0) is 30.5 Å². The van der Waals surface area contributed by atoms with E-state index in [1.54, 1.807) is 0 Å². The molecule has 1 saturated carbocycles. The quantitative estimate of drug-likeness (QED) is 0.551. The van der Waals surface area contributed by atoms with Gasteiger partial charge in [0.1, 0.15) is 0 Å². The Bertz CT molecular complexity index is 774. The molecule has 13 heteroatoms. The van der Waals surface area contributed by atoms with Crippen LogP contribution in [0, 0.1) is 0 Å². The van der Waals surface area contributed by atoms with Crippen molar-refractivity contribution in [3.63, 3.8) is 0 Å². The minimum absolute atomic E-state index is 0.501. The topological polar surface area (TPSA) is 29.1 Å². The number of rotatable bonds is 5. The first-order valence-corrected chi connectivity index (χ1v) is 8.41. The van der Waals surface area contributed by atoms with Crippen molar-refractivity contribution in [1.82, 2.24) is 0 Å². The SMILES string of the molecule is CCCCc1ccc(NC(=O)C2(F)C(F)(F)C(F)(F)C(F)(F)C(F)(F)C2(F)F)cc1. The number of carbonyl (C=O) groups excluding carboxylic acids is 1. The molecule has 0 aromatic heterocycles. The minimum Gasteiger partial charge on any atom is -0.323 e. The van der Waals surface area contributed by atoms with Crippen molar-refractivity contribution in [2.45, 2.75) is 61.5 Å². The lowest BCUT2D eigenvalue weighted by atomic mass is 9.71. The van der Waals surface area contributed by atoms with E-state index < -0.39 is 46.9 Å². The highest BCUT2D eigenvalue weighted by Crippen LogP contribution is 2.69. The summed E-state index contributed by atoms with van der Waals surface area (Å²) in [6, 6.07) is 4.25. The summed E-state index contributed by atoms with van der Waals surface area (Å²) in [6.45, 7) is 1.86. The van der Waals surface area contributed by atoms with Gasteiger partial charge < -0.3 is 5.32 Å². The van der Waals surface area contributed by atoms with E-state index in [0.29, 0.717) is 18.4 Å². The first-order valence-electron chi connectivity index (χ1n) is 8.41. The normalized spacial score (nSPS) is 24.8. The third kappa shape index (κ3) is 2.79. The summed E-state index contributed by atoms with van der Waals surface area (Å²) < 4.78 is 150. The van der Waals surface area contributed by atoms with Crippen LogP contribution in [0.25, 0.3) is 0 Å². The van der Waals surface area contributed by atoms with E-state index in [1.807, 2.05) is 6.92 Å². The van der Waals surface area contributed by atoms with Gasteiger partial charge in [-0.2, -0.15) is 43.9 Å². The molecule has 0 saturated heterocycles. The van der Waals surface area contributed by atoms with Crippen LogP contribution in [0.2, 0.25) is 0 Å². The van der Waals surface area contributed by atoms with E-state index in [2.05, 4.69) is 0 Å². The van der Waals surface area contributed by atoms with Gasteiger partial charge in [-0.25, -0.2) is 4.39 Å². The molecule has 30 heavy (non-hydrogen) atoms. The maximum absolute atomic E-state index is 14.6. The fourth-order valence-corrected chi connectivity index (χ4v) is 2.86. The Kier molecular flexibility index (Phi) is 5.62. The molecule has 1 aliphatic carbocycles. The molecule has 0 radical (unpaired) electrons. The Morgan fingerprint density at radius 1 is 0.733 bits per heavy atom. The lowest BCUT2D eigenvalue weighted by Gasteiger charge is -2.51. The predicted octanol–water partition coefficient (Wildman–Crippen LogP) is 5.87. The van der Waals surface area contributed by atoms with Gasteiger partial charge in [-0.15, -0.1) is 0 Å². The number of alkyl halides is 11. The number of nitrogens with one attached hydrogen (secondary N) is 1. The zero-order chi connectivity index (χ0) is 23.4. The zero-order valence-electron chi connectivity index (χ0n) is 15.0. The van der Waals surface area contributed by atoms with Crippen LogP contribution in [-0.2, 0) is 11.2 Å². The van der Waals surface area contributed by atoms with E-state index in [9.17, 15) is 53.1 Å². The Hall–Kier alpha value is -2.08. The number of benzene rings is 1. The Balaban J connectivity index is 2.50. The van der Waals surface area contributed by atoms with Crippen LogP contribution in [0.4, 0.5) is 54.0 Å². The van der Waals surface area contributed by atoms with Gasteiger partial charge in [0, 0.05) is 5.69 Å². The van der Waals surface area contributed by atoms with Crippen molar-refractivity contribution in [1.29, 1.82) is 0 Å². The van der Waals surface area contributed by atoms with E-state index in [4.69, 9.17) is 0 Å². The number of unbranched alkanes of at least 4 members (excludes halogenated alkanes) is 1. The molecule has 0 spiro atoms. The summed E-state index contributed by atoms with van der Waals surface area (Å²) in [4.78, 5) is 11.8. The van der Waals surface area contributed by atoms with Crippen LogP contribution in [0.3, 0.4) is 0 Å². The molecule has 2 rings (SSSR count). The van der Waals surface area contributed by atoms with Crippen molar-refractivity contribution in [3.05, 3.63) is 29.8 Å². The number of hydrogen-bond acceptors (Lipinski definition) is 1. The highest BCUT2D eigenvalue weighted by molar-refractivity contribution is 5.99. The highest BCUT2D eigenvalue weighted by atomic mass is 19.4. The van der Waals surface area contributed by atoms with E-state index in [0.717, 1.165) is 23.9 Å². The van der Waals surface area contributed by atoms with Crippen LogP contribution >= 0.6 is 0 Å². The standard InChI is InChI=1S/C17H14F11NO/c1-2-3-4-9-5-7-10(8-6-9)29-11(30)12(18)13(19,20)15(23,24)17(27,28)16(25,26)14(12,21)22/h5-8H,2-4H2,1H3,(H,29,30). The second-order valence-corrected chi connectivity index (χ2v) is 6.79. The van der Waals surface area contributed by atoms with Gasteiger partial charge in [0.05, 0.1) is 0 Å². The number of hydrogen-bond donors (Lipinski definition) is 1. The fourth-order valence-electron chi connectivity index (χ4n) is 2.86. The Labute approximate surface area is 162 Å². The molecule has 1 amide bonds. The first kappa shape index (κ1) is 24.2. The monoisotopic (exact) mass is 457 g/mol. The fraction of sp³-hybridized carbons (Fsp3) is 0.588. The predicted molar refractivity (Wildman–Crippen MR) is 82.3 cm³/mol.